The predicted molar refractivity (Wildman–Crippen MR) is 128 cm³/mol. The van der Waals surface area contributed by atoms with Crippen LogP contribution in [0.2, 0.25) is 0 Å². The molecular formula is C29H33F. The van der Waals surface area contributed by atoms with Gasteiger partial charge in [-0.15, -0.1) is 0 Å². The minimum atomic E-state index is -0.125. The monoisotopic (exact) mass is 400 g/mol. The van der Waals surface area contributed by atoms with Crippen molar-refractivity contribution in [3.05, 3.63) is 77.6 Å². The maximum atomic E-state index is 15.2. The second-order valence-electron chi connectivity index (χ2n) is 8.94. The van der Waals surface area contributed by atoms with E-state index in [0.29, 0.717) is 10.9 Å². The van der Waals surface area contributed by atoms with Gasteiger partial charge in [-0.2, -0.15) is 0 Å². The lowest BCUT2D eigenvalue weighted by Crippen LogP contribution is -2.14. The zero-order valence-electron chi connectivity index (χ0n) is 18.3. The summed E-state index contributed by atoms with van der Waals surface area (Å²) in [5, 5.41) is 1.63. The van der Waals surface area contributed by atoms with Crippen LogP contribution in [-0.4, -0.2) is 0 Å². The van der Waals surface area contributed by atoms with Crippen molar-refractivity contribution in [3.63, 3.8) is 0 Å². The van der Waals surface area contributed by atoms with E-state index in [2.05, 4.69) is 31.2 Å². The van der Waals surface area contributed by atoms with Gasteiger partial charge in [0.15, 0.2) is 0 Å². The van der Waals surface area contributed by atoms with Gasteiger partial charge in [-0.25, -0.2) is 4.39 Å². The lowest BCUT2D eigenvalue weighted by Gasteiger charge is -2.27. The first-order valence-electron chi connectivity index (χ1n) is 11.6. The van der Waals surface area contributed by atoms with Crippen LogP contribution in [0.3, 0.4) is 0 Å². The van der Waals surface area contributed by atoms with Gasteiger partial charge >= 0.3 is 0 Å². The number of hydrogen-bond donors (Lipinski definition) is 0. The van der Waals surface area contributed by atoms with Gasteiger partial charge in [0, 0.05) is 10.9 Å². The number of fused-ring (bicyclic) bond motifs is 1. The highest BCUT2D eigenvalue weighted by molar-refractivity contribution is 5.89. The molecule has 0 radical (unpaired) electrons. The first kappa shape index (κ1) is 20.8. The quantitative estimate of drug-likeness (QED) is 0.388. The number of allylic oxidation sites excluding steroid dienone is 1. The first-order chi connectivity index (χ1) is 14.7. The van der Waals surface area contributed by atoms with Gasteiger partial charge < -0.3 is 0 Å². The predicted octanol–water partition coefficient (Wildman–Crippen LogP) is 8.83. The van der Waals surface area contributed by atoms with Gasteiger partial charge in [0.1, 0.15) is 5.82 Å². The van der Waals surface area contributed by atoms with Crippen LogP contribution < -0.4 is 0 Å². The van der Waals surface area contributed by atoms with E-state index < -0.39 is 0 Å². The third-order valence-electron chi connectivity index (χ3n) is 6.99. The van der Waals surface area contributed by atoms with E-state index in [-0.39, 0.29) is 5.82 Å². The third-order valence-corrected chi connectivity index (χ3v) is 6.99. The van der Waals surface area contributed by atoms with Crippen molar-refractivity contribution in [1.29, 1.82) is 0 Å². The average molecular weight is 401 g/mol. The fraction of sp³-hybridized carbons (Fsp3) is 0.379. The van der Waals surface area contributed by atoms with Crippen molar-refractivity contribution in [3.8, 4) is 11.1 Å². The van der Waals surface area contributed by atoms with E-state index in [1.165, 1.54) is 44.1 Å². The molecule has 0 nitrogen and oxygen atoms in total. The molecule has 3 aromatic carbocycles. The Morgan fingerprint density at radius 1 is 0.900 bits per heavy atom. The van der Waals surface area contributed by atoms with Crippen molar-refractivity contribution in [2.45, 2.75) is 58.8 Å². The van der Waals surface area contributed by atoms with Crippen LogP contribution in [0, 0.1) is 17.7 Å². The van der Waals surface area contributed by atoms with Crippen LogP contribution in [0.5, 0.6) is 0 Å². The summed E-state index contributed by atoms with van der Waals surface area (Å²) in [4.78, 5) is 0. The standard InChI is InChI=1S/C29H33F/c1-3-5-24-14-18-28-26(20-24)17-19-27(29(28)30)25-15-12-23(13-16-25)11-10-22-8-6-21(4-2)7-9-22/h3,5,12-22H,4,6-11H2,1-2H3/b5-3+. The Hall–Kier alpha value is -2.41. The molecule has 1 heteroatoms. The summed E-state index contributed by atoms with van der Waals surface area (Å²) in [6.07, 6.45) is 13.4. The molecule has 0 heterocycles. The van der Waals surface area contributed by atoms with Crippen LogP contribution in [0.4, 0.5) is 4.39 Å². The molecule has 0 N–H and O–H groups in total. The van der Waals surface area contributed by atoms with E-state index in [4.69, 9.17) is 0 Å². The van der Waals surface area contributed by atoms with Crippen molar-refractivity contribution < 1.29 is 4.39 Å². The Balaban J connectivity index is 1.45. The summed E-state index contributed by atoms with van der Waals surface area (Å²) in [7, 11) is 0. The number of rotatable bonds is 6. The SMILES string of the molecule is C/C=C/c1ccc2c(F)c(-c3ccc(CCC4CCC(CC)CC4)cc3)ccc2c1. The molecule has 1 aliphatic rings. The molecule has 1 aliphatic carbocycles. The lowest BCUT2D eigenvalue weighted by molar-refractivity contribution is 0.259. The molecule has 0 aromatic heterocycles. The van der Waals surface area contributed by atoms with Gasteiger partial charge in [-0.3, -0.25) is 0 Å². The molecule has 1 fully saturated rings. The molecule has 0 atom stereocenters. The second-order valence-corrected chi connectivity index (χ2v) is 8.94. The van der Waals surface area contributed by atoms with Gasteiger partial charge in [0.25, 0.3) is 0 Å². The Labute approximate surface area is 180 Å². The summed E-state index contributed by atoms with van der Waals surface area (Å²) in [5.41, 5.74) is 4.11. The molecule has 4 rings (SSSR count). The van der Waals surface area contributed by atoms with Crippen molar-refractivity contribution in [2.75, 3.05) is 0 Å². The number of hydrogen-bond acceptors (Lipinski definition) is 0. The highest BCUT2D eigenvalue weighted by atomic mass is 19.1. The van der Waals surface area contributed by atoms with Crippen LogP contribution >= 0.6 is 0 Å². The highest BCUT2D eigenvalue weighted by Crippen LogP contribution is 2.34. The van der Waals surface area contributed by atoms with E-state index in [1.54, 1.807) is 0 Å². The largest absolute Gasteiger partial charge is 0.206 e. The van der Waals surface area contributed by atoms with Crippen LogP contribution in [-0.2, 0) is 6.42 Å². The van der Waals surface area contributed by atoms with Gasteiger partial charge in [-0.05, 0) is 59.7 Å². The Morgan fingerprint density at radius 2 is 1.63 bits per heavy atom. The van der Waals surface area contributed by atoms with Gasteiger partial charge in [0.05, 0.1) is 0 Å². The summed E-state index contributed by atoms with van der Waals surface area (Å²) in [5.74, 6) is 1.73. The molecule has 1 saturated carbocycles. The topological polar surface area (TPSA) is 0 Å². The maximum Gasteiger partial charge on any atom is 0.138 e. The van der Waals surface area contributed by atoms with Crippen molar-refractivity contribution in [2.24, 2.45) is 11.8 Å². The minimum absolute atomic E-state index is 0.125. The molecule has 0 bridgehead atoms. The molecule has 0 spiro atoms. The fourth-order valence-corrected chi connectivity index (χ4v) is 4.98. The van der Waals surface area contributed by atoms with Crippen molar-refractivity contribution >= 4 is 16.8 Å². The molecule has 0 unspecified atom stereocenters. The lowest BCUT2D eigenvalue weighted by atomic mass is 9.78. The van der Waals surface area contributed by atoms with E-state index in [1.807, 2.05) is 49.4 Å². The molecule has 156 valence electrons. The summed E-state index contributed by atoms with van der Waals surface area (Å²) >= 11 is 0. The van der Waals surface area contributed by atoms with Crippen LogP contribution in [0.1, 0.15) is 63.5 Å². The number of aryl methyl sites for hydroxylation is 1. The zero-order chi connectivity index (χ0) is 20.9. The molecule has 0 saturated heterocycles. The molecule has 3 aromatic rings. The summed E-state index contributed by atoms with van der Waals surface area (Å²) in [6.45, 7) is 4.32. The summed E-state index contributed by atoms with van der Waals surface area (Å²) in [6, 6.07) is 18.4. The molecular weight excluding hydrogens is 367 g/mol. The average Bonchev–Trinajstić information content (AvgIpc) is 2.79. The fourth-order valence-electron chi connectivity index (χ4n) is 4.98. The molecule has 0 aliphatic heterocycles. The number of halogens is 1. The normalized spacial score (nSPS) is 19.6. The van der Waals surface area contributed by atoms with E-state index in [0.717, 1.165) is 34.8 Å². The summed E-state index contributed by atoms with van der Waals surface area (Å²) < 4.78 is 15.2. The zero-order valence-corrected chi connectivity index (χ0v) is 18.3. The highest BCUT2D eigenvalue weighted by Gasteiger charge is 2.19. The Bertz CT molecular complexity index is 1000. The van der Waals surface area contributed by atoms with Gasteiger partial charge in [-0.1, -0.05) is 99.7 Å². The number of benzene rings is 3. The van der Waals surface area contributed by atoms with Gasteiger partial charge in [0.2, 0.25) is 0 Å². The van der Waals surface area contributed by atoms with Crippen LogP contribution in [0.25, 0.3) is 28.0 Å². The third kappa shape index (κ3) is 4.67. The molecule has 30 heavy (non-hydrogen) atoms. The smallest absolute Gasteiger partial charge is 0.138 e. The van der Waals surface area contributed by atoms with E-state index in [9.17, 15) is 0 Å². The Kier molecular flexibility index (Phi) is 6.67. The maximum absolute atomic E-state index is 15.2. The second kappa shape index (κ2) is 9.60. The Morgan fingerprint density at radius 3 is 2.33 bits per heavy atom. The minimum Gasteiger partial charge on any atom is -0.206 e. The first-order valence-corrected chi connectivity index (χ1v) is 11.6. The van der Waals surface area contributed by atoms with Crippen LogP contribution in [0.15, 0.2) is 60.7 Å². The molecule has 0 amide bonds. The van der Waals surface area contributed by atoms with E-state index >= 15 is 4.39 Å². The van der Waals surface area contributed by atoms with Crippen molar-refractivity contribution in [1.82, 2.24) is 0 Å².